The molecule has 6 heteroatoms. The van der Waals surface area contributed by atoms with Crippen LogP contribution < -0.4 is 5.73 Å². The lowest BCUT2D eigenvalue weighted by Gasteiger charge is -2.21. The van der Waals surface area contributed by atoms with Crippen LogP contribution in [0.4, 0.5) is 0 Å². The highest BCUT2D eigenvalue weighted by atomic mass is 16.6. The van der Waals surface area contributed by atoms with Crippen LogP contribution in [0.5, 0.6) is 0 Å². The zero-order valence-corrected chi connectivity index (χ0v) is 10.1. The van der Waals surface area contributed by atoms with Crippen molar-refractivity contribution in [2.45, 2.75) is 38.8 Å². The summed E-state index contributed by atoms with van der Waals surface area (Å²) >= 11 is 0. The third-order valence-electron chi connectivity index (χ3n) is 1.92. The summed E-state index contributed by atoms with van der Waals surface area (Å²) in [6.07, 6.45) is 1.75. The first-order valence-corrected chi connectivity index (χ1v) is 5.11. The van der Waals surface area contributed by atoms with Gasteiger partial charge in [0.2, 0.25) is 0 Å². The van der Waals surface area contributed by atoms with Crippen molar-refractivity contribution in [3.8, 4) is 0 Å². The SMILES string of the molecule is Cn1ncnc1CC(N)C(=O)OC(C)(C)C. The number of nitrogens with two attached hydrogens (primary N) is 1. The van der Waals surface area contributed by atoms with E-state index in [0.717, 1.165) is 0 Å². The Morgan fingerprint density at radius 2 is 2.25 bits per heavy atom. The van der Waals surface area contributed by atoms with Crippen LogP contribution in [0.1, 0.15) is 26.6 Å². The fraction of sp³-hybridized carbons (Fsp3) is 0.700. The Morgan fingerprint density at radius 1 is 1.62 bits per heavy atom. The molecule has 2 N–H and O–H groups in total. The quantitative estimate of drug-likeness (QED) is 0.735. The van der Waals surface area contributed by atoms with Crippen LogP contribution >= 0.6 is 0 Å². The maximum absolute atomic E-state index is 11.6. The van der Waals surface area contributed by atoms with Gasteiger partial charge in [0.1, 0.15) is 23.8 Å². The molecule has 1 aromatic heterocycles. The zero-order chi connectivity index (χ0) is 12.3. The molecule has 0 radical (unpaired) electrons. The number of aromatic nitrogens is 3. The first-order chi connectivity index (χ1) is 7.29. The molecule has 0 saturated heterocycles. The second-order valence-electron chi connectivity index (χ2n) is 4.64. The van der Waals surface area contributed by atoms with Gasteiger partial charge in [0.05, 0.1) is 0 Å². The Morgan fingerprint density at radius 3 is 2.69 bits per heavy atom. The fourth-order valence-corrected chi connectivity index (χ4v) is 1.16. The lowest BCUT2D eigenvalue weighted by molar-refractivity contribution is -0.156. The minimum absolute atomic E-state index is 0.325. The first-order valence-electron chi connectivity index (χ1n) is 5.11. The second-order valence-corrected chi connectivity index (χ2v) is 4.64. The standard InChI is InChI=1S/C10H18N4O2/c1-10(2,3)16-9(15)7(11)5-8-12-6-13-14(8)4/h6-7H,5,11H2,1-4H3. The summed E-state index contributed by atoms with van der Waals surface area (Å²) < 4.78 is 6.75. The molecule has 1 rings (SSSR count). The van der Waals surface area contributed by atoms with Crippen LogP contribution in [0.25, 0.3) is 0 Å². The van der Waals surface area contributed by atoms with E-state index in [1.807, 2.05) is 0 Å². The Balaban J connectivity index is 2.56. The Bertz CT molecular complexity index is 367. The van der Waals surface area contributed by atoms with E-state index in [9.17, 15) is 4.79 Å². The maximum Gasteiger partial charge on any atom is 0.323 e. The topological polar surface area (TPSA) is 83.0 Å². The molecule has 90 valence electrons. The van der Waals surface area contributed by atoms with Crippen LogP contribution in [0.15, 0.2) is 6.33 Å². The van der Waals surface area contributed by atoms with E-state index in [1.54, 1.807) is 32.5 Å². The number of hydrogen-bond acceptors (Lipinski definition) is 5. The number of nitrogens with zero attached hydrogens (tertiary/aromatic N) is 3. The number of esters is 1. The van der Waals surface area contributed by atoms with E-state index in [-0.39, 0.29) is 0 Å². The maximum atomic E-state index is 11.6. The van der Waals surface area contributed by atoms with Gasteiger partial charge in [0.25, 0.3) is 0 Å². The fourth-order valence-electron chi connectivity index (χ4n) is 1.16. The molecule has 16 heavy (non-hydrogen) atoms. The van der Waals surface area contributed by atoms with Crippen molar-refractivity contribution in [3.63, 3.8) is 0 Å². The lowest BCUT2D eigenvalue weighted by Crippen LogP contribution is -2.39. The highest BCUT2D eigenvalue weighted by Gasteiger charge is 2.23. The molecule has 0 saturated carbocycles. The Labute approximate surface area is 94.8 Å². The van der Waals surface area contributed by atoms with E-state index in [2.05, 4.69) is 10.1 Å². The second kappa shape index (κ2) is 4.61. The first kappa shape index (κ1) is 12.6. The number of carbonyl (C=O) groups excluding carboxylic acids is 1. The van der Waals surface area contributed by atoms with Gasteiger partial charge in [-0.05, 0) is 20.8 Å². The third kappa shape index (κ3) is 3.62. The van der Waals surface area contributed by atoms with Crippen LogP contribution in [-0.4, -0.2) is 32.4 Å². The lowest BCUT2D eigenvalue weighted by atomic mass is 10.1. The van der Waals surface area contributed by atoms with E-state index < -0.39 is 17.6 Å². The summed E-state index contributed by atoms with van der Waals surface area (Å²) in [6, 6.07) is -0.706. The summed E-state index contributed by atoms with van der Waals surface area (Å²) in [4.78, 5) is 15.6. The molecule has 0 aliphatic heterocycles. The molecule has 0 amide bonds. The Kier molecular flexibility index (Phi) is 3.64. The molecule has 0 aliphatic carbocycles. The number of aryl methyl sites for hydroxylation is 1. The van der Waals surface area contributed by atoms with Crippen LogP contribution in [0.3, 0.4) is 0 Å². The highest BCUT2D eigenvalue weighted by Crippen LogP contribution is 2.09. The summed E-state index contributed by atoms with van der Waals surface area (Å²) in [5, 5.41) is 3.90. The van der Waals surface area contributed by atoms with Crippen molar-refractivity contribution >= 4 is 5.97 Å². The molecule has 1 aromatic rings. The van der Waals surface area contributed by atoms with E-state index in [4.69, 9.17) is 10.5 Å². The zero-order valence-electron chi connectivity index (χ0n) is 10.1. The van der Waals surface area contributed by atoms with Crippen LogP contribution in [0, 0.1) is 0 Å². The number of ether oxygens (including phenoxy) is 1. The minimum Gasteiger partial charge on any atom is -0.459 e. The van der Waals surface area contributed by atoms with Gasteiger partial charge in [0.15, 0.2) is 0 Å². The van der Waals surface area contributed by atoms with Crippen molar-refractivity contribution in [1.82, 2.24) is 14.8 Å². The van der Waals surface area contributed by atoms with E-state index in [0.29, 0.717) is 12.2 Å². The average molecular weight is 226 g/mol. The molecule has 0 bridgehead atoms. The minimum atomic E-state index is -0.706. The summed E-state index contributed by atoms with van der Waals surface area (Å²) in [5.74, 6) is 0.244. The van der Waals surface area contributed by atoms with Crippen LogP contribution in [-0.2, 0) is 23.0 Å². The largest absolute Gasteiger partial charge is 0.459 e. The smallest absolute Gasteiger partial charge is 0.323 e. The molecule has 0 fully saturated rings. The summed E-state index contributed by atoms with van der Waals surface area (Å²) in [5.41, 5.74) is 5.21. The van der Waals surface area contributed by atoms with Gasteiger partial charge in [-0.1, -0.05) is 0 Å². The predicted octanol–water partition coefficient (Wildman–Crippen LogP) is 0.0266. The molecule has 1 atom stereocenters. The van der Waals surface area contributed by atoms with Crippen molar-refractivity contribution in [2.75, 3.05) is 0 Å². The molecular formula is C10H18N4O2. The van der Waals surface area contributed by atoms with Gasteiger partial charge in [-0.15, -0.1) is 0 Å². The highest BCUT2D eigenvalue weighted by molar-refractivity contribution is 5.76. The summed E-state index contributed by atoms with van der Waals surface area (Å²) in [6.45, 7) is 5.42. The molecule has 0 aliphatic rings. The monoisotopic (exact) mass is 226 g/mol. The molecule has 6 nitrogen and oxygen atoms in total. The number of carbonyl (C=O) groups is 1. The summed E-state index contributed by atoms with van der Waals surface area (Å²) in [7, 11) is 1.75. The Hall–Kier alpha value is -1.43. The third-order valence-corrected chi connectivity index (χ3v) is 1.92. The van der Waals surface area contributed by atoms with Gasteiger partial charge in [-0.3, -0.25) is 9.48 Å². The van der Waals surface area contributed by atoms with Gasteiger partial charge >= 0.3 is 5.97 Å². The number of hydrogen-bond donors (Lipinski definition) is 1. The van der Waals surface area contributed by atoms with Crippen LogP contribution in [0.2, 0.25) is 0 Å². The van der Waals surface area contributed by atoms with Crippen molar-refractivity contribution in [1.29, 1.82) is 0 Å². The van der Waals surface area contributed by atoms with E-state index in [1.165, 1.54) is 6.33 Å². The number of rotatable bonds is 3. The molecule has 0 spiro atoms. The van der Waals surface area contributed by atoms with E-state index >= 15 is 0 Å². The predicted molar refractivity (Wildman–Crippen MR) is 58.5 cm³/mol. The molecule has 1 unspecified atom stereocenters. The van der Waals surface area contributed by atoms with Gasteiger partial charge in [-0.25, -0.2) is 4.98 Å². The van der Waals surface area contributed by atoms with Gasteiger partial charge in [0, 0.05) is 13.5 Å². The average Bonchev–Trinajstić information content (AvgIpc) is 2.49. The van der Waals surface area contributed by atoms with Gasteiger partial charge < -0.3 is 10.5 Å². The molecular weight excluding hydrogens is 208 g/mol. The molecule has 1 heterocycles. The normalized spacial score (nSPS) is 13.6. The van der Waals surface area contributed by atoms with Crippen molar-refractivity contribution < 1.29 is 9.53 Å². The van der Waals surface area contributed by atoms with Crippen molar-refractivity contribution in [3.05, 3.63) is 12.2 Å². The van der Waals surface area contributed by atoms with Gasteiger partial charge in [-0.2, -0.15) is 5.10 Å². The van der Waals surface area contributed by atoms with Crippen molar-refractivity contribution in [2.24, 2.45) is 12.8 Å². The molecule has 0 aromatic carbocycles.